The van der Waals surface area contributed by atoms with Crippen LogP contribution >= 0.6 is 0 Å². The van der Waals surface area contributed by atoms with Crippen LogP contribution in [0.2, 0.25) is 0 Å². The molecule has 1 fully saturated rings. The number of aliphatic hydroxyl groups excluding tert-OH is 5. The van der Waals surface area contributed by atoms with Crippen LogP contribution in [0, 0.1) is 0 Å². The fourth-order valence-electron chi connectivity index (χ4n) is 1.08. The van der Waals surface area contributed by atoms with Crippen LogP contribution < -0.4 is 131 Å². The number of ether oxygens (including phenoxy) is 1. The molecule has 1 rings (SSSR count). The van der Waals surface area contributed by atoms with Crippen LogP contribution in [0.1, 0.15) is 0 Å². The van der Waals surface area contributed by atoms with E-state index in [1.54, 1.807) is 0 Å². The third-order valence-corrected chi connectivity index (χ3v) is 1.87. The van der Waals surface area contributed by atoms with E-state index < -0.39 is 37.3 Å². The first-order valence-electron chi connectivity index (χ1n) is 3.56. The van der Waals surface area contributed by atoms with E-state index in [1.807, 2.05) is 0 Å². The van der Waals surface area contributed by atoms with E-state index in [9.17, 15) is 0 Å². The first-order valence-corrected chi connectivity index (χ1v) is 3.56. The monoisotopic (exact) mass is 458 g/mol. The molecule has 1 aliphatic rings. The molecule has 5 atom stereocenters. The minimum atomic E-state index is -1.57. The van der Waals surface area contributed by atoms with Gasteiger partial charge in [-0.25, -0.2) is 0 Å². The molecule has 120 valence electrons. The number of hydrogen-bond acceptors (Lipinski definition) is 6. The van der Waals surface area contributed by atoms with Gasteiger partial charge in [0.1, 0.15) is 24.4 Å². The Bertz CT molecular complexity index is 179. The molecule has 9 N–H and O–H groups in total. The van der Waals surface area contributed by atoms with Crippen molar-refractivity contribution in [1.82, 2.24) is 0 Å². The third kappa shape index (κ3) is 17.9. The van der Waals surface area contributed by atoms with Crippen molar-refractivity contribution < 1.29 is 172 Å². The number of halogens is 4. The molecule has 8 nitrogen and oxygen atoms in total. The smallest absolute Gasteiger partial charge is 1.00 e. The molecule has 0 aliphatic carbocycles. The SMILES string of the molecule is O.O.OCC1OC(O)C(O)C(O)C1O.[Ca+2].[Cl-].[Cl-].[Cl-].[Cl-].[K+].[Na+]. The Balaban J connectivity index is -0.0000000229. The first-order chi connectivity index (χ1) is 5.57. The zero-order valence-corrected chi connectivity index (χ0v) is 21.8. The topological polar surface area (TPSA) is 173 Å². The molecular weight excluding hydrogens is 444 g/mol. The molecule has 5 unspecified atom stereocenters. The molecular formula is C6H16CaCl4KNaO8. The van der Waals surface area contributed by atoms with E-state index in [0.29, 0.717) is 0 Å². The molecule has 0 spiro atoms. The van der Waals surface area contributed by atoms with Crippen molar-refractivity contribution in [2.24, 2.45) is 0 Å². The van der Waals surface area contributed by atoms with Gasteiger partial charge in [0.2, 0.25) is 0 Å². The zero-order valence-electron chi connectivity index (χ0n) is 11.5. The maximum Gasteiger partial charge on any atom is 2.00 e. The van der Waals surface area contributed by atoms with Crippen molar-refractivity contribution in [2.75, 3.05) is 6.61 Å². The average Bonchev–Trinajstić information content (AvgIpc) is 2.08. The number of hydrogen-bond donors (Lipinski definition) is 5. The van der Waals surface area contributed by atoms with Crippen LogP contribution in [0.4, 0.5) is 0 Å². The van der Waals surface area contributed by atoms with E-state index in [-0.39, 0.29) is 179 Å². The Morgan fingerprint density at radius 2 is 1.10 bits per heavy atom. The standard InChI is InChI=1S/C6H12O6.Ca.4ClH.K.Na.2H2O/c7-1-2-3(8)4(9)5(10)6(11)12-2;;;;;;;;;/h2-11H,1H2;;4*1H;;;2*1H2/q;+2;;;;;2*+1;;/p-4. The Kier molecular flexibility index (Phi) is 79.0. The molecule has 1 aliphatic heterocycles. The Morgan fingerprint density at radius 1 is 0.762 bits per heavy atom. The molecule has 0 amide bonds. The summed E-state index contributed by atoms with van der Waals surface area (Å²) in [7, 11) is 0. The van der Waals surface area contributed by atoms with Gasteiger partial charge in [0.15, 0.2) is 6.29 Å². The Labute approximate surface area is 242 Å². The second-order valence-electron chi connectivity index (χ2n) is 2.72. The van der Waals surface area contributed by atoms with Crippen molar-refractivity contribution >= 4 is 37.7 Å². The van der Waals surface area contributed by atoms with Crippen molar-refractivity contribution in [3.63, 3.8) is 0 Å². The zero-order chi connectivity index (χ0) is 9.30. The van der Waals surface area contributed by atoms with Gasteiger partial charge in [0.25, 0.3) is 0 Å². The third-order valence-electron chi connectivity index (χ3n) is 1.87. The van der Waals surface area contributed by atoms with Gasteiger partial charge >= 0.3 is 119 Å². The summed E-state index contributed by atoms with van der Waals surface area (Å²) in [4.78, 5) is 0. The minimum absolute atomic E-state index is 0. The summed E-state index contributed by atoms with van der Waals surface area (Å²) in [5, 5.41) is 44.7. The van der Waals surface area contributed by atoms with Crippen molar-refractivity contribution in [1.29, 1.82) is 0 Å². The van der Waals surface area contributed by atoms with Gasteiger partial charge < -0.3 is 90.9 Å². The molecule has 0 saturated carbocycles. The molecule has 15 heteroatoms. The molecule has 0 aromatic rings. The predicted molar refractivity (Wildman–Crippen MR) is 49.0 cm³/mol. The fourth-order valence-corrected chi connectivity index (χ4v) is 1.08. The molecule has 0 radical (unpaired) electrons. The van der Waals surface area contributed by atoms with Crippen LogP contribution in [0.15, 0.2) is 0 Å². The van der Waals surface area contributed by atoms with Crippen LogP contribution in [0.3, 0.4) is 0 Å². The largest absolute Gasteiger partial charge is 2.00 e. The quantitative estimate of drug-likeness (QED) is 0.243. The molecule has 0 aromatic carbocycles. The van der Waals surface area contributed by atoms with Crippen LogP contribution in [-0.4, -0.2) is 112 Å². The summed E-state index contributed by atoms with van der Waals surface area (Å²) in [5.74, 6) is 0. The summed E-state index contributed by atoms with van der Waals surface area (Å²) in [5.41, 5.74) is 0. The van der Waals surface area contributed by atoms with Gasteiger partial charge in [-0.1, -0.05) is 0 Å². The molecule has 1 heterocycles. The maximum atomic E-state index is 9.12. The predicted octanol–water partition coefficient (Wildman–Crippen LogP) is -23.2. The second-order valence-corrected chi connectivity index (χ2v) is 2.72. The summed E-state index contributed by atoms with van der Waals surface area (Å²) in [6.45, 7) is -0.526. The van der Waals surface area contributed by atoms with Gasteiger partial charge in [0, 0.05) is 0 Å². The van der Waals surface area contributed by atoms with E-state index in [0.717, 1.165) is 0 Å². The Hall–Kier alpha value is 4.74. The van der Waals surface area contributed by atoms with Crippen LogP contribution in [-0.2, 0) is 4.74 Å². The van der Waals surface area contributed by atoms with E-state index >= 15 is 0 Å². The van der Waals surface area contributed by atoms with Crippen LogP contribution in [0.25, 0.3) is 0 Å². The van der Waals surface area contributed by atoms with Crippen molar-refractivity contribution in [3.05, 3.63) is 0 Å². The van der Waals surface area contributed by atoms with Gasteiger partial charge in [-0.3, -0.25) is 0 Å². The van der Waals surface area contributed by atoms with Crippen LogP contribution in [0.5, 0.6) is 0 Å². The molecule has 0 bridgehead atoms. The van der Waals surface area contributed by atoms with Gasteiger partial charge in [-0.2, -0.15) is 0 Å². The van der Waals surface area contributed by atoms with Crippen molar-refractivity contribution in [3.8, 4) is 0 Å². The molecule has 1 saturated heterocycles. The summed E-state index contributed by atoms with van der Waals surface area (Å²) < 4.78 is 4.58. The van der Waals surface area contributed by atoms with Gasteiger partial charge in [-0.15, -0.1) is 0 Å². The normalized spacial score (nSPS) is 28.1. The maximum absolute atomic E-state index is 9.12. The van der Waals surface area contributed by atoms with E-state index in [2.05, 4.69) is 4.74 Å². The summed E-state index contributed by atoms with van der Waals surface area (Å²) >= 11 is 0. The van der Waals surface area contributed by atoms with Crippen molar-refractivity contribution in [2.45, 2.75) is 30.7 Å². The Morgan fingerprint density at radius 3 is 1.38 bits per heavy atom. The van der Waals surface area contributed by atoms with Gasteiger partial charge in [0.05, 0.1) is 6.61 Å². The summed E-state index contributed by atoms with van der Waals surface area (Å²) in [6.07, 6.45) is -7.04. The number of aliphatic hydroxyl groups is 5. The first kappa shape index (κ1) is 56.2. The fraction of sp³-hybridized carbons (Fsp3) is 1.00. The second kappa shape index (κ2) is 29.5. The number of rotatable bonds is 1. The molecule has 21 heavy (non-hydrogen) atoms. The van der Waals surface area contributed by atoms with Gasteiger partial charge in [-0.05, 0) is 0 Å². The molecule has 0 aromatic heterocycles. The minimum Gasteiger partial charge on any atom is -1.00 e. The summed E-state index contributed by atoms with van der Waals surface area (Å²) in [6, 6.07) is 0. The van der Waals surface area contributed by atoms with E-state index in [4.69, 9.17) is 25.5 Å². The average molecular weight is 460 g/mol. The van der Waals surface area contributed by atoms with E-state index in [1.165, 1.54) is 0 Å².